The van der Waals surface area contributed by atoms with Gasteiger partial charge in [0.25, 0.3) is 0 Å². The molecule has 6 atom stereocenters. The molecule has 0 bridgehead atoms. The number of allylic oxidation sites excluding steroid dienone is 2. The van der Waals surface area contributed by atoms with Gasteiger partial charge in [-0.25, -0.2) is 0 Å². The Kier molecular flexibility index (Phi) is 4.71. The Morgan fingerprint density at radius 2 is 1.71 bits per heavy atom. The van der Waals surface area contributed by atoms with Crippen molar-refractivity contribution in [3.63, 3.8) is 0 Å². The van der Waals surface area contributed by atoms with Crippen molar-refractivity contribution in [3.05, 3.63) is 11.1 Å². The summed E-state index contributed by atoms with van der Waals surface area (Å²) in [6.45, 7) is 7.33. The van der Waals surface area contributed by atoms with E-state index in [2.05, 4.69) is 13.8 Å². The molecule has 0 saturated heterocycles. The average Bonchev–Trinajstić information content (AvgIpc) is 2.90. The van der Waals surface area contributed by atoms with Gasteiger partial charge in [0.05, 0.1) is 0 Å². The topological polar surface area (TPSA) is 69.7 Å². The molecule has 4 aliphatic carbocycles. The fourth-order valence-electron chi connectivity index (χ4n) is 6.97. The first kappa shape index (κ1) is 19.7. The van der Waals surface area contributed by atoms with Crippen LogP contribution >= 0.6 is 0 Å². The minimum absolute atomic E-state index is 0.0125. The molecule has 0 aromatic rings. The molecular weight excluding hydrogens is 356 g/mol. The lowest BCUT2D eigenvalue weighted by atomic mass is 9.51. The lowest BCUT2D eigenvalue weighted by Gasteiger charge is -2.53. The Morgan fingerprint density at radius 3 is 2.39 bits per heavy atom. The van der Waals surface area contributed by atoms with Gasteiger partial charge in [-0.15, -0.1) is 0 Å². The Balaban J connectivity index is 1.65. The predicted molar refractivity (Wildman–Crippen MR) is 103 cm³/mol. The fourth-order valence-corrected chi connectivity index (χ4v) is 6.97. The van der Waals surface area contributed by atoms with Crippen LogP contribution in [-0.4, -0.2) is 29.9 Å². The second-order valence-electron chi connectivity index (χ2n) is 9.89. The highest BCUT2D eigenvalue weighted by Gasteiger charge is 2.59. The zero-order valence-electron chi connectivity index (χ0n) is 17.5. The number of carbonyl (C=O) groups excluding carboxylic acids is 3. The van der Waals surface area contributed by atoms with Gasteiger partial charge in [-0.05, 0) is 62.2 Å². The number of Topliss-reactive ketones (excluding diaryl/α,β-unsaturated/α-hetero) is 1. The number of fused-ring (bicyclic) bond motifs is 4. The van der Waals surface area contributed by atoms with E-state index in [4.69, 9.17) is 9.47 Å². The molecule has 2 fully saturated rings. The van der Waals surface area contributed by atoms with E-state index in [-0.39, 0.29) is 40.8 Å². The van der Waals surface area contributed by atoms with E-state index in [0.717, 1.165) is 50.5 Å². The quantitative estimate of drug-likeness (QED) is 0.665. The fraction of sp³-hybridized carbons (Fsp3) is 0.783. The minimum atomic E-state index is -0.264. The van der Waals surface area contributed by atoms with Gasteiger partial charge in [0.2, 0.25) is 0 Å². The summed E-state index contributed by atoms with van der Waals surface area (Å²) in [5.41, 5.74) is 2.05. The second kappa shape index (κ2) is 6.70. The number of rotatable bonds is 2. The monoisotopic (exact) mass is 388 g/mol. The zero-order valence-corrected chi connectivity index (χ0v) is 17.5. The molecule has 0 spiro atoms. The van der Waals surface area contributed by atoms with Crippen molar-refractivity contribution in [2.75, 3.05) is 0 Å². The van der Waals surface area contributed by atoms with E-state index in [1.165, 1.54) is 19.4 Å². The largest absolute Gasteiger partial charge is 0.463 e. The SMILES string of the molecule is CC(=O)OC1CCC2(C)C3=C(CCC2C1)C1CCC(OC(C)=O)C1(C)CC3=O. The third-order valence-electron chi connectivity index (χ3n) is 8.22. The van der Waals surface area contributed by atoms with Crippen LogP contribution in [0.5, 0.6) is 0 Å². The summed E-state index contributed by atoms with van der Waals surface area (Å²) in [7, 11) is 0. The average molecular weight is 389 g/mol. The van der Waals surface area contributed by atoms with Crippen LogP contribution in [0, 0.1) is 22.7 Å². The van der Waals surface area contributed by atoms with Gasteiger partial charge in [0.1, 0.15) is 12.2 Å². The molecule has 0 heterocycles. The van der Waals surface area contributed by atoms with Crippen molar-refractivity contribution < 1.29 is 23.9 Å². The molecule has 0 N–H and O–H groups in total. The standard InChI is InChI=1S/C23H32O5/c1-13(24)27-16-9-10-22(3)15(11-16)5-6-17-18-7-8-20(28-14(2)25)23(18,4)12-19(26)21(17)22/h15-16,18,20H,5-12H2,1-4H3. The Labute approximate surface area is 167 Å². The summed E-state index contributed by atoms with van der Waals surface area (Å²) >= 11 is 0. The van der Waals surface area contributed by atoms with Crippen molar-refractivity contribution in [2.45, 2.75) is 91.3 Å². The van der Waals surface area contributed by atoms with Crippen LogP contribution in [0.15, 0.2) is 11.1 Å². The molecule has 6 unspecified atom stereocenters. The maximum atomic E-state index is 13.4. The van der Waals surface area contributed by atoms with Crippen LogP contribution in [0.4, 0.5) is 0 Å². The van der Waals surface area contributed by atoms with Crippen molar-refractivity contribution in [3.8, 4) is 0 Å². The predicted octanol–water partition coefficient (Wildman–Crippen LogP) is 4.14. The highest BCUT2D eigenvalue weighted by atomic mass is 16.5. The Bertz CT molecular complexity index is 752. The van der Waals surface area contributed by atoms with Gasteiger partial charge in [-0.1, -0.05) is 19.4 Å². The first-order valence-corrected chi connectivity index (χ1v) is 10.8. The van der Waals surface area contributed by atoms with E-state index in [1.807, 2.05) is 0 Å². The molecule has 0 aliphatic heterocycles. The summed E-state index contributed by atoms with van der Waals surface area (Å²) in [5, 5.41) is 0. The van der Waals surface area contributed by atoms with E-state index in [1.54, 1.807) is 0 Å². The third-order valence-corrected chi connectivity index (χ3v) is 8.22. The molecule has 0 aromatic heterocycles. The number of hydrogen-bond donors (Lipinski definition) is 0. The van der Waals surface area contributed by atoms with Crippen LogP contribution in [0.25, 0.3) is 0 Å². The number of carbonyl (C=O) groups is 3. The van der Waals surface area contributed by atoms with Crippen molar-refractivity contribution in [1.82, 2.24) is 0 Å². The normalized spacial score (nSPS) is 42.4. The summed E-state index contributed by atoms with van der Waals surface area (Å²) in [4.78, 5) is 36.4. The van der Waals surface area contributed by atoms with Gasteiger partial charge >= 0.3 is 11.9 Å². The van der Waals surface area contributed by atoms with Crippen molar-refractivity contribution >= 4 is 17.7 Å². The zero-order chi connectivity index (χ0) is 20.3. The molecule has 5 heteroatoms. The molecule has 2 saturated carbocycles. The summed E-state index contributed by atoms with van der Waals surface area (Å²) < 4.78 is 11.1. The summed E-state index contributed by atoms with van der Waals surface area (Å²) in [6, 6.07) is 0. The van der Waals surface area contributed by atoms with Gasteiger partial charge in [-0.2, -0.15) is 0 Å². The summed E-state index contributed by atoms with van der Waals surface area (Å²) in [6.07, 6.45) is 6.73. The van der Waals surface area contributed by atoms with E-state index >= 15 is 0 Å². The molecule has 0 aromatic carbocycles. The second-order valence-corrected chi connectivity index (χ2v) is 9.89. The smallest absolute Gasteiger partial charge is 0.302 e. The highest BCUT2D eigenvalue weighted by molar-refractivity contribution is 5.99. The Morgan fingerprint density at radius 1 is 1.00 bits per heavy atom. The lowest BCUT2D eigenvalue weighted by Crippen LogP contribution is -2.50. The van der Waals surface area contributed by atoms with Crippen molar-refractivity contribution in [1.29, 1.82) is 0 Å². The molecule has 4 aliphatic rings. The number of ketones is 1. The number of ether oxygens (including phenoxy) is 2. The molecule has 154 valence electrons. The van der Waals surface area contributed by atoms with Gasteiger partial charge < -0.3 is 9.47 Å². The first-order valence-electron chi connectivity index (χ1n) is 10.8. The van der Waals surface area contributed by atoms with E-state index in [0.29, 0.717) is 18.3 Å². The third kappa shape index (κ3) is 2.93. The van der Waals surface area contributed by atoms with Crippen LogP contribution in [0.2, 0.25) is 0 Å². The van der Waals surface area contributed by atoms with Crippen molar-refractivity contribution in [2.24, 2.45) is 22.7 Å². The van der Waals surface area contributed by atoms with E-state index < -0.39 is 0 Å². The van der Waals surface area contributed by atoms with Crippen LogP contribution in [0.1, 0.15) is 79.1 Å². The van der Waals surface area contributed by atoms with E-state index in [9.17, 15) is 14.4 Å². The molecule has 0 radical (unpaired) electrons. The first-order chi connectivity index (χ1) is 13.1. The van der Waals surface area contributed by atoms with Gasteiger partial charge in [0.15, 0.2) is 5.78 Å². The molecule has 0 amide bonds. The van der Waals surface area contributed by atoms with Crippen LogP contribution < -0.4 is 0 Å². The van der Waals surface area contributed by atoms with Gasteiger partial charge in [0, 0.05) is 31.3 Å². The van der Waals surface area contributed by atoms with Crippen LogP contribution in [-0.2, 0) is 23.9 Å². The summed E-state index contributed by atoms with van der Waals surface area (Å²) in [5.74, 6) is 0.526. The maximum absolute atomic E-state index is 13.4. The molecule has 28 heavy (non-hydrogen) atoms. The highest BCUT2D eigenvalue weighted by Crippen LogP contribution is 2.63. The number of esters is 2. The lowest BCUT2D eigenvalue weighted by molar-refractivity contribution is -0.154. The molecule has 5 nitrogen and oxygen atoms in total. The Hall–Kier alpha value is -1.65. The molecule has 4 rings (SSSR count). The number of hydrogen-bond acceptors (Lipinski definition) is 5. The maximum Gasteiger partial charge on any atom is 0.302 e. The van der Waals surface area contributed by atoms with Gasteiger partial charge in [-0.3, -0.25) is 14.4 Å². The van der Waals surface area contributed by atoms with Crippen LogP contribution in [0.3, 0.4) is 0 Å². The molecular formula is C23H32O5. The minimum Gasteiger partial charge on any atom is -0.463 e.